The molecule has 0 saturated heterocycles. The van der Waals surface area contributed by atoms with Crippen molar-refractivity contribution >= 4 is 11.1 Å². The molecule has 1 unspecified atom stereocenters. The Balaban J connectivity index is 3.25. The topological polar surface area (TPSA) is 37.3 Å². The van der Waals surface area contributed by atoms with Gasteiger partial charge in [-0.1, -0.05) is 32.8 Å². The van der Waals surface area contributed by atoms with Crippen LogP contribution in [0.3, 0.4) is 0 Å². The van der Waals surface area contributed by atoms with Gasteiger partial charge < -0.3 is 4.55 Å². The van der Waals surface area contributed by atoms with Gasteiger partial charge in [-0.15, -0.1) is 0 Å². The van der Waals surface area contributed by atoms with E-state index in [4.69, 9.17) is 4.55 Å². The van der Waals surface area contributed by atoms with Gasteiger partial charge in [-0.3, -0.25) is 0 Å². The Kier molecular flexibility index (Phi) is 6.46. The molecular weight excluding hydrogens is 160 g/mol. The van der Waals surface area contributed by atoms with Crippen LogP contribution < -0.4 is 0 Å². The van der Waals surface area contributed by atoms with E-state index in [1.54, 1.807) is 0 Å². The summed E-state index contributed by atoms with van der Waals surface area (Å²) < 4.78 is 18.9. The van der Waals surface area contributed by atoms with Gasteiger partial charge in [0.05, 0.1) is 0 Å². The third-order valence-electron chi connectivity index (χ3n) is 1.56. The molecule has 0 amide bonds. The van der Waals surface area contributed by atoms with Crippen molar-refractivity contribution in [1.29, 1.82) is 0 Å². The van der Waals surface area contributed by atoms with Crippen LogP contribution >= 0.6 is 0 Å². The second kappa shape index (κ2) is 6.55. The highest BCUT2D eigenvalue weighted by atomic mass is 32.2. The summed E-state index contributed by atoms with van der Waals surface area (Å²) in [5, 5.41) is 0. The molecule has 0 bridgehead atoms. The Bertz CT molecular complexity index is 143. The largest absolute Gasteiger partial charge is 0.303 e. The molecule has 0 saturated carbocycles. The predicted molar refractivity (Wildman–Crippen MR) is 48.7 cm³/mol. The number of allylic oxidation sites excluding steroid dienone is 1. The zero-order valence-electron chi connectivity index (χ0n) is 7.01. The van der Waals surface area contributed by atoms with Crippen molar-refractivity contribution in [3.63, 3.8) is 0 Å². The highest BCUT2D eigenvalue weighted by Crippen LogP contribution is 2.09. The van der Waals surface area contributed by atoms with Crippen molar-refractivity contribution in [1.82, 2.24) is 0 Å². The van der Waals surface area contributed by atoms with Crippen LogP contribution in [0.1, 0.15) is 39.0 Å². The molecule has 0 aliphatic rings. The van der Waals surface area contributed by atoms with Crippen molar-refractivity contribution < 1.29 is 8.76 Å². The molecule has 0 aromatic carbocycles. The lowest BCUT2D eigenvalue weighted by molar-refractivity contribution is 0.567. The first kappa shape index (κ1) is 10.8. The van der Waals surface area contributed by atoms with Gasteiger partial charge >= 0.3 is 0 Å². The van der Waals surface area contributed by atoms with Gasteiger partial charge in [-0.05, 0) is 12.8 Å². The van der Waals surface area contributed by atoms with Gasteiger partial charge in [0, 0.05) is 4.91 Å². The maximum atomic E-state index is 10.4. The highest BCUT2D eigenvalue weighted by molar-refractivity contribution is 7.83. The van der Waals surface area contributed by atoms with E-state index in [0.29, 0.717) is 11.3 Å². The molecule has 3 heteroatoms. The molecule has 0 rings (SSSR count). The molecule has 66 valence electrons. The van der Waals surface area contributed by atoms with E-state index in [9.17, 15) is 4.21 Å². The first-order chi connectivity index (χ1) is 5.18. The first-order valence-electron chi connectivity index (χ1n) is 3.97. The van der Waals surface area contributed by atoms with Gasteiger partial charge in [0.1, 0.15) is 0 Å². The molecule has 11 heavy (non-hydrogen) atoms. The monoisotopic (exact) mass is 176 g/mol. The van der Waals surface area contributed by atoms with Crippen LogP contribution in [0.5, 0.6) is 0 Å². The van der Waals surface area contributed by atoms with Crippen molar-refractivity contribution in [2.75, 3.05) is 0 Å². The van der Waals surface area contributed by atoms with E-state index in [1.807, 2.05) is 0 Å². The summed E-state index contributed by atoms with van der Waals surface area (Å²) in [6.07, 6.45) is 5.19. The second-order valence-electron chi connectivity index (χ2n) is 2.60. The molecule has 0 spiro atoms. The van der Waals surface area contributed by atoms with E-state index in [0.717, 1.165) is 12.8 Å². The zero-order chi connectivity index (χ0) is 8.69. The number of rotatable bonds is 6. The van der Waals surface area contributed by atoms with Crippen LogP contribution in [0, 0.1) is 0 Å². The lowest BCUT2D eigenvalue weighted by atomic mass is 10.1. The Morgan fingerprint density at radius 2 is 2.09 bits per heavy atom. The molecule has 1 N–H and O–H groups in total. The Morgan fingerprint density at radius 1 is 1.45 bits per heavy atom. The van der Waals surface area contributed by atoms with Gasteiger partial charge in [0.15, 0.2) is 11.1 Å². The fourth-order valence-corrected chi connectivity index (χ4v) is 1.16. The maximum Gasteiger partial charge on any atom is 0.181 e. The Hall–Kier alpha value is -0.150. The highest BCUT2D eigenvalue weighted by Gasteiger charge is 1.99. The van der Waals surface area contributed by atoms with Crippen LogP contribution in [0.2, 0.25) is 0 Å². The molecular formula is C8H16O2S. The number of unbranched alkanes of at least 4 members (excludes halogenated alkanes) is 3. The molecule has 0 fully saturated rings. The summed E-state index contributed by atoms with van der Waals surface area (Å²) in [5.41, 5.74) is 0. The molecule has 0 aromatic rings. The van der Waals surface area contributed by atoms with Crippen LogP contribution in [0.4, 0.5) is 0 Å². The van der Waals surface area contributed by atoms with Crippen LogP contribution in [0.15, 0.2) is 11.5 Å². The minimum atomic E-state index is -1.81. The van der Waals surface area contributed by atoms with Crippen molar-refractivity contribution in [2.24, 2.45) is 0 Å². The molecule has 2 nitrogen and oxygen atoms in total. The van der Waals surface area contributed by atoms with Crippen LogP contribution in [0.25, 0.3) is 0 Å². The molecule has 0 aliphatic heterocycles. The van der Waals surface area contributed by atoms with E-state index in [2.05, 4.69) is 13.5 Å². The number of hydrogen-bond donors (Lipinski definition) is 1. The van der Waals surface area contributed by atoms with E-state index in [1.165, 1.54) is 12.8 Å². The van der Waals surface area contributed by atoms with Gasteiger partial charge in [-0.25, -0.2) is 4.21 Å². The number of hydrogen-bond acceptors (Lipinski definition) is 1. The van der Waals surface area contributed by atoms with E-state index in [-0.39, 0.29) is 0 Å². The summed E-state index contributed by atoms with van der Waals surface area (Å²) in [6.45, 7) is 5.64. The summed E-state index contributed by atoms with van der Waals surface area (Å²) in [7, 11) is 0. The van der Waals surface area contributed by atoms with Crippen molar-refractivity contribution in [2.45, 2.75) is 39.0 Å². The molecule has 0 heterocycles. The molecule has 1 atom stereocenters. The molecule has 0 radical (unpaired) electrons. The Morgan fingerprint density at radius 3 is 2.55 bits per heavy atom. The second-order valence-corrected chi connectivity index (χ2v) is 3.67. The van der Waals surface area contributed by atoms with Crippen LogP contribution in [-0.4, -0.2) is 8.76 Å². The fourth-order valence-electron chi connectivity index (χ4n) is 0.836. The summed E-state index contributed by atoms with van der Waals surface area (Å²) in [5.74, 6) is 0. The lowest BCUT2D eigenvalue weighted by Gasteiger charge is -1.99. The van der Waals surface area contributed by atoms with E-state index >= 15 is 0 Å². The smallest absolute Gasteiger partial charge is 0.181 e. The maximum absolute atomic E-state index is 10.4. The summed E-state index contributed by atoms with van der Waals surface area (Å²) in [4.78, 5) is 0.445. The van der Waals surface area contributed by atoms with Crippen LogP contribution in [-0.2, 0) is 11.1 Å². The minimum absolute atomic E-state index is 0.445. The third-order valence-corrected chi connectivity index (χ3v) is 2.25. The first-order valence-corrected chi connectivity index (χ1v) is 5.07. The normalized spacial score (nSPS) is 12.9. The summed E-state index contributed by atoms with van der Waals surface area (Å²) >= 11 is -1.81. The van der Waals surface area contributed by atoms with Crippen molar-refractivity contribution in [3.8, 4) is 0 Å². The predicted octanol–water partition coefficient (Wildman–Crippen LogP) is 2.69. The summed E-state index contributed by atoms with van der Waals surface area (Å²) in [6, 6.07) is 0. The fraction of sp³-hybridized carbons (Fsp3) is 0.750. The quantitative estimate of drug-likeness (QED) is 0.499. The zero-order valence-corrected chi connectivity index (χ0v) is 7.82. The molecule has 0 aliphatic carbocycles. The van der Waals surface area contributed by atoms with Gasteiger partial charge in [-0.2, -0.15) is 0 Å². The third kappa shape index (κ3) is 6.26. The van der Waals surface area contributed by atoms with Gasteiger partial charge in [0.25, 0.3) is 0 Å². The SMILES string of the molecule is C=C(CCCCCC)S(=O)O. The molecule has 0 aromatic heterocycles. The minimum Gasteiger partial charge on any atom is -0.303 e. The lowest BCUT2D eigenvalue weighted by Crippen LogP contribution is -1.90. The van der Waals surface area contributed by atoms with Crippen molar-refractivity contribution in [3.05, 3.63) is 11.5 Å². The van der Waals surface area contributed by atoms with Gasteiger partial charge in [0.2, 0.25) is 0 Å². The van der Waals surface area contributed by atoms with E-state index < -0.39 is 11.1 Å². The standard InChI is InChI=1S/C8H16O2S/c1-3-4-5-6-7-8(2)11(9)10/h2-7H2,1H3,(H,9,10). The Labute approximate surface area is 71.0 Å². The average Bonchev–Trinajstić information content (AvgIpc) is 1.97. The average molecular weight is 176 g/mol.